The van der Waals surface area contributed by atoms with Crippen LogP contribution < -0.4 is 15.5 Å². The van der Waals surface area contributed by atoms with Gasteiger partial charge in [0.25, 0.3) is 5.91 Å². The number of amides is 2. The summed E-state index contributed by atoms with van der Waals surface area (Å²) in [5.41, 5.74) is 3.28. The first-order chi connectivity index (χ1) is 10.1. The predicted octanol–water partition coefficient (Wildman–Crippen LogP) is 1.50. The number of rotatable bonds is 3. The van der Waals surface area contributed by atoms with Gasteiger partial charge in [-0.05, 0) is 30.7 Å². The number of nitrogens with one attached hydrogen (secondary N) is 2. The van der Waals surface area contributed by atoms with E-state index in [2.05, 4.69) is 10.6 Å². The van der Waals surface area contributed by atoms with Gasteiger partial charge in [0, 0.05) is 30.0 Å². The van der Waals surface area contributed by atoms with Crippen molar-refractivity contribution in [3.05, 3.63) is 35.4 Å². The predicted molar refractivity (Wildman–Crippen MR) is 79.3 cm³/mol. The van der Waals surface area contributed by atoms with Crippen LogP contribution in [0.4, 0.5) is 16.2 Å². The van der Waals surface area contributed by atoms with E-state index in [1.165, 1.54) is 0 Å². The summed E-state index contributed by atoms with van der Waals surface area (Å²) in [6.07, 6.45) is -0.350. The van der Waals surface area contributed by atoms with E-state index in [0.29, 0.717) is 18.8 Å². The first-order valence-corrected chi connectivity index (χ1v) is 6.90. The summed E-state index contributed by atoms with van der Waals surface area (Å²) in [5, 5.41) is 5.98. The second-order valence-corrected chi connectivity index (χ2v) is 5.10. The lowest BCUT2D eigenvalue weighted by atomic mass is 10.0. The van der Waals surface area contributed by atoms with Gasteiger partial charge in [0.2, 0.25) is 0 Å². The van der Waals surface area contributed by atoms with Gasteiger partial charge in [0.15, 0.2) is 0 Å². The van der Waals surface area contributed by atoms with Crippen molar-refractivity contribution in [2.24, 2.45) is 0 Å². The van der Waals surface area contributed by atoms with E-state index in [1.807, 2.05) is 19.1 Å². The van der Waals surface area contributed by atoms with E-state index in [-0.39, 0.29) is 12.0 Å². The molecule has 0 atom stereocenters. The molecule has 0 spiro atoms. The van der Waals surface area contributed by atoms with Crippen LogP contribution in [0.3, 0.4) is 0 Å². The fraction of sp³-hybridized carbons (Fsp3) is 0.333. The first-order valence-electron chi connectivity index (χ1n) is 6.90. The smallest absolute Gasteiger partial charge is 0.414 e. The van der Waals surface area contributed by atoms with Gasteiger partial charge >= 0.3 is 6.09 Å². The van der Waals surface area contributed by atoms with Gasteiger partial charge in [-0.2, -0.15) is 0 Å². The Morgan fingerprint density at radius 3 is 2.81 bits per heavy atom. The van der Waals surface area contributed by atoms with Crippen LogP contribution in [0, 0.1) is 0 Å². The molecule has 2 N–H and O–H groups in total. The molecule has 0 saturated carbocycles. The highest BCUT2D eigenvalue weighted by molar-refractivity contribution is 6.04. The molecule has 110 valence electrons. The van der Waals surface area contributed by atoms with Crippen molar-refractivity contribution in [2.45, 2.75) is 6.92 Å². The average Bonchev–Trinajstić information content (AvgIpc) is 2.83. The fourth-order valence-corrected chi connectivity index (χ4v) is 2.28. The summed E-state index contributed by atoms with van der Waals surface area (Å²) in [6.45, 7) is 4.31. The number of hydrogen-bond acceptors (Lipinski definition) is 4. The molecular formula is C15H17N3O3. The van der Waals surface area contributed by atoms with E-state index in [4.69, 9.17) is 4.74 Å². The van der Waals surface area contributed by atoms with Crippen molar-refractivity contribution in [1.29, 1.82) is 0 Å². The molecule has 0 radical (unpaired) electrons. The van der Waals surface area contributed by atoms with Crippen LogP contribution >= 0.6 is 0 Å². The minimum atomic E-state index is -0.350. The van der Waals surface area contributed by atoms with Crippen molar-refractivity contribution in [3.8, 4) is 0 Å². The zero-order valence-electron chi connectivity index (χ0n) is 11.8. The van der Waals surface area contributed by atoms with Crippen LogP contribution in [0.25, 0.3) is 0 Å². The quantitative estimate of drug-likeness (QED) is 0.827. The van der Waals surface area contributed by atoms with Crippen molar-refractivity contribution < 1.29 is 14.3 Å². The Morgan fingerprint density at radius 1 is 1.38 bits per heavy atom. The Hall–Kier alpha value is -2.34. The standard InChI is InChI=1S/C15H17N3O3/c1-10(11-8-16-9-11)14(19)17-12-3-2-4-13(7-12)18-5-6-21-15(18)20/h2-4,7,16H,5-6,8-9H2,1H3,(H,17,19). The van der Waals surface area contributed by atoms with Crippen LogP contribution in [0.15, 0.2) is 35.4 Å². The number of ether oxygens (including phenoxy) is 1. The Morgan fingerprint density at radius 2 is 2.19 bits per heavy atom. The number of cyclic esters (lactones) is 1. The summed E-state index contributed by atoms with van der Waals surface area (Å²) in [6, 6.07) is 7.22. The molecule has 0 unspecified atom stereocenters. The number of nitrogens with zero attached hydrogens (tertiary/aromatic N) is 1. The van der Waals surface area contributed by atoms with Crippen molar-refractivity contribution in [1.82, 2.24) is 5.32 Å². The maximum absolute atomic E-state index is 12.1. The molecule has 2 saturated heterocycles. The molecule has 2 amide bonds. The molecular weight excluding hydrogens is 270 g/mol. The molecule has 6 nitrogen and oxygen atoms in total. The molecule has 1 aromatic rings. The Balaban J connectivity index is 1.74. The SMILES string of the molecule is CC(C(=O)Nc1cccc(N2CCOC2=O)c1)=C1CNC1. The summed E-state index contributed by atoms with van der Waals surface area (Å²) in [5.74, 6) is -0.104. The lowest BCUT2D eigenvalue weighted by Crippen LogP contribution is -2.36. The van der Waals surface area contributed by atoms with Gasteiger partial charge < -0.3 is 15.4 Å². The lowest BCUT2D eigenvalue weighted by Gasteiger charge is -2.21. The van der Waals surface area contributed by atoms with Crippen molar-refractivity contribution in [3.63, 3.8) is 0 Å². The van der Waals surface area contributed by atoms with E-state index in [1.54, 1.807) is 17.0 Å². The van der Waals surface area contributed by atoms with Gasteiger partial charge in [-0.15, -0.1) is 0 Å². The zero-order valence-corrected chi connectivity index (χ0v) is 11.8. The van der Waals surface area contributed by atoms with E-state index >= 15 is 0 Å². The molecule has 3 rings (SSSR count). The second kappa shape index (κ2) is 5.57. The monoisotopic (exact) mass is 287 g/mol. The third-order valence-electron chi connectivity index (χ3n) is 3.72. The zero-order chi connectivity index (χ0) is 14.8. The Labute approximate surface area is 122 Å². The first kappa shape index (κ1) is 13.6. The minimum absolute atomic E-state index is 0.104. The van der Waals surface area contributed by atoms with Crippen LogP contribution in [0.5, 0.6) is 0 Å². The molecule has 2 aliphatic rings. The summed E-state index contributed by atoms with van der Waals surface area (Å²) >= 11 is 0. The van der Waals surface area contributed by atoms with Gasteiger partial charge in [0.05, 0.1) is 6.54 Å². The number of hydrogen-bond donors (Lipinski definition) is 2. The van der Waals surface area contributed by atoms with E-state index < -0.39 is 0 Å². The molecule has 2 fully saturated rings. The molecule has 1 aromatic carbocycles. The summed E-state index contributed by atoms with van der Waals surface area (Å²) < 4.78 is 4.92. The van der Waals surface area contributed by atoms with Crippen LogP contribution in [-0.2, 0) is 9.53 Å². The molecule has 21 heavy (non-hydrogen) atoms. The van der Waals surface area contributed by atoms with Crippen LogP contribution in [-0.4, -0.2) is 38.2 Å². The highest BCUT2D eigenvalue weighted by atomic mass is 16.6. The second-order valence-electron chi connectivity index (χ2n) is 5.10. The van der Waals surface area contributed by atoms with Gasteiger partial charge in [-0.3, -0.25) is 9.69 Å². The van der Waals surface area contributed by atoms with Crippen LogP contribution in [0.2, 0.25) is 0 Å². The third-order valence-corrected chi connectivity index (χ3v) is 3.72. The molecule has 0 aromatic heterocycles. The number of carbonyl (C=O) groups excluding carboxylic acids is 2. The topological polar surface area (TPSA) is 70.7 Å². The maximum Gasteiger partial charge on any atom is 0.414 e. The fourth-order valence-electron chi connectivity index (χ4n) is 2.28. The van der Waals surface area contributed by atoms with Gasteiger partial charge in [-0.25, -0.2) is 4.79 Å². The number of carbonyl (C=O) groups is 2. The molecule has 2 aliphatic heterocycles. The number of benzene rings is 1. The highest BCUT2D eigenvalue weighted by Crippen LogP contribution is 2.23. The summed E-state index contributed by atoms with van der Waals surface area (Å²) in [7, 11) is 0. The normalized spacial score (nSPS) is 17.3. The largest absolute Gasteiger partial charge is 0.447 e. The minimum Gasteiger partial charge on any atom is -0.447 e. The highest BCUT2D eigenvalue weighted by Gasteiger charge is 2.23. The third kappa shape index (κ3) is 2.75. The van der Waals surface area contributed by atoms with Crippen LogP contribution in [0.1, 0.15) is 6.92 Å². The average molecular weight is 287 g/mol. The van der Waals surface area contributed by atoms with Crippen molar-refractivity contribution >= 4 is 23.4 Å². The Kier molecular flexibility index (Phi) is 3.62. The van der Waals surface area contributed by atoms with E-state index in [9.17, 15) is 9.59 Å². The Bertz CT molecular complexity index is 618. The lowest BCUT2D eigenvalue weighted by molar-refractivity contribution is -0.112. The van der Waals surface area contributed by atoms with Gasteiger partial charge in [-0.1, -0.05) is 6.07 Å². The molecule has 6 heteroatoms. The van der Waals surface area contributed by atoms with E-state index in [0.717, 1.165) is 29.9 Å². The maximum atomic E-state index is 12.1. The molecule has 0 aliphatic carbocycles. The van der Waals surface area contributed by atoms with Gasteiger partial charge in [0.1, 0.15) is 6.61 Å². The summed E-state index contributed by atoms with van der Waals surface area (Å²) in [4.78, 5) is 25.2. The molecule has 0 bridgehead atoms. The van der Waals surface area contributed by atoms with Crippen molar-refractivity contribution in [2.75, 3.05) is 36.5 Å². The number of anilines is 2. The molecule has 2 heterocycles.